The molecule has 3 N–H and O–H groups in total. The summed E-state index contributed by atoms with van der Waals surface area (Å²) in [6.07, 6.45) is -0.301. The second-order valence-corrected chi connectivity index (χ2v) is 4.77. The van der Waals surface area contributed by atoms with E-state index in [-0.39, 0.29) is 38.8 Å². The second kappa shape index (κ2) is 20.0. The number of ether oxygens (including phenoxy) is 4. The summed E-state index contributed by atoms with van der Waals surface area (Å²) in [6, 6.07) is -0.104. The van der Waals surface area contributed by atoms with E-state index in [2.05, 4.69) is 4.74 Å². The van der Waals surface area contributed by atoms with E-state index in [9.17, 15) is 4.79 Å². The minimum atomic E-state index is -0.301. The fraction of sp³-hybridized carbons (Fsp3) is 0.867. The number of aliphatic hydroxyl groups excluding tert-OH is 3. The molecule has 2 amide bonds. The van der Waals surface area contributed by atoms with Crippen LogP contribution < -0.4 is 0 Å². The number of carbonyl (C=O) groups excluding carboxylic acids is 2. The largest absolute Gasteiger partial charge is 0.394 e. The monoisotopic (exact) mass is 384 g/mol. The van der Waals surface area contributed by atoms with Gasteiger partial charge in [0.25, 0.3) is 0 Å². The van der Waals surface area contributed by atoms with Gasteiger partial charge in [0.15, 0.2) is 6.23 Å². The van der Waals surface area contributed by atoms with Crippen LogP contribution in [0.15, 0.2) is 0 Å². The summed E-state index contributed by atoms with van der Waals surface area (Å²) in [7, 11) is 3.25. The van der Waals surface area contributed by atoms with Crippen LogP contribution in [0.1, 0.15) is 0 Å². The Morgan fingerprint density at radius 1 is 1.00 bits per heavy atom. The molecule has 26 heavy (non-hydrogen) atoms. The van der Waals surface area contributed by atoms with Gasteiger partial charge < -0.3 is 44.0 Å². The maximum atomic E-state index is 11.7. The van der Waals surface area contributed by atoms with Gasteiger partial charge in [-0.3, -0.25) is 4.90 Å². The predicted molar refractivity (Wildman–Crippen MR) is 91.5 cm³/mol. The summed E-state index contributed by atoms with van der Waals surface area (Å²) in [6.45, 7) is 4.51. The van der Waals surface area contributed by atoms with Gasteiger partial charge in [-0.05, 0) is 0 Å². The van der Waals surface area contributed by atoms with Gasteiger partial charge >= 0.3 is 6.03 Å². The van der Waals surface area contributed by atoms with E-state index in [1.54, 1.807) is 11.9 Å². The van der Waals surface area contributed by atoms with Crippen molar-refractivity contribution < 1.29 is 43.9 Å². The number of aliphatic hydroxyl groups is 3. The Kier molecular flexibility index (Phi) is 20.7. The van der Waals surface area contributed by atoms with Crippen LogP contribution in [-0.2, 0) is 23.7 Å². The van der Waals surface area contributed by atoms with Crippen LogP contribution >= 0.6 is 0 Å². The number of urea groups is 1. The van der Waals surface area contributed by atoms with E-state index >= 15 is 0 Å². The lowest BCUT2D eigenvalue weighted by Crippen LogP contribution is -2.38. The fourth-order valence-corrected chi connectivity index (χ4v) is 1.81. The molecule has 1 rings (SSSR count). The highest BCUT2D eigenvalue weighted by Crippen LogP contribution is 2.14. The molecule has 11 heteroatoms. The molecule has 1 heterocycles. The molecule has 1 saturated heterocycles. The number of methoxy groups -OCH3 is 1. The highest BCUT2D eigenvalue weighted by molar-refractivity contribution is 5.76. The number of amides is 2. The molecular formula is C15H32N2O9. The third-order valence-electron chi connectivity index (χ3n) is 2.86. The van der Waals surface area contributed by atoms with Crippen LogP contribution in [0.25, 0.3) is 0 Å². The first-order chi connectivity index (χ1) is 12.6. The number of hydrogen-bond donors (Lipinski definition) is 3. The zero-order valence-corrected chi connectivity index (χ0v) is 15.5. The lowest BCUT2D eigenvalue weighted by molar-refractivity contribution is -0.0980. The zero-order chi connectivity index (χ0) is 20.2. The Bertz CT molecular complexity index is 319. The van der Waals surface area contributed by atoms with E-state index in [0.717, 1.165) is 0 Å². The SMILES string of the molecule is C=O.COCN1C(=O)N(C)CC1OCCOCCO.OCCOCCO. The second-order valence-electron chi connectivity index (χ2n) is 4.77. The minimum Gasteiger partial charge on any atom is -0.394 e. The quantitative estimate of drug-likeness (QED) is 0.330. The van der Waals surface area contributed by atoms with Crippen molar-refractivity contribution in [1.29, 1.82) is 0 Å². The van der Waals surface area contributed by atoms with Crippen molar-refractivity contribution in [2.75, 3.05) is 80.3 Å². The molecule has 1 aliphatic rings. The minimum absolute atomic E-state index is 0.000448. The van der Waals surface area contributed by atoms with Crippen molar-refractivity contribution >= 4 is 12.8 Å². The number of rotatable bonds is 12. The van der Waals surface area contributed by atoms with Gasteiger partial charge in [0.05, 0.1) is 59.4 Å². The van der Waals surface area contributed by atoms with Crippen molar-refractivity contribution in [3.63, 3.8) is 0 Å². The molecule has 0 aromatic carbocycles. The van der Waals surface area contributed by atoms with Gasteiger partial charge in [0.2, 0.25) is 0 Å². The van der Waals surface area contributed by atoms with Crippen LogP contribution in [0.2, 0.25) is 0 Å². The van der Waals surface area contributed by atoms with Crippen molar-refractivity contribution in [2.45, 2.75) is 6.23 Å². The van der Waals surface area contributed by atoms with Crippen molar-refractivity contribution in [3.05, 3.63) is 0 Å². The van der Waals surface area contributed by atoms with Crippen LogP contribution in [0.3, 0.4) is 0 Å². The summed E-state index contributed by atoms with van der Waals surface area (Å²) in [5.74, 6) is 0. The maximum Gasteiger partial charge on any atom is 0.323 e. The molecule has 156 valence electrons. The van der Waals surface area contributed by atoms with Crippen LogP contribution in [0.5, 0.6) is 0 Å². The van der Waals surface area contributed by atoms with E-state index in [4.69, 9.17) is 34.3 Å². The van der Waals surface area contributed by atoms with Crippen molar-refractivity contribution in [3.8, 4) is 0 Å². The molecule has 0 saturated carbocycles. The zero-order valence-electron chi connectivity index (χ0n) is 15.5. The van der Waals surface area contributed by atoms with Gasteiger partial charge in [-0.2, -0.15) is 0 Å². The van der Waals surface area contributed by atoms with Gasteiger partial charge in [-0.25, -0.2) is 4.79 Å². The predicted octanol–water partition coefficient (Wildman–Crippen LogP) is -1.89. The van der Waals surface area contributed by atoms with Crippen LogP contribution in [-0.4, -0.2) is 124 Å². The lowest BCUT2D eigenvalue weighted by atomic mass is 10.5. The first-order valence-electron chi connectivity index (χ1n) is 8.01. The molecule has 0 aliphatic carbocycles. The smallest absolute Gasteiger partial charge is 0.323 e. The van der Waals surface area contributed by atoms with Crippen molar-refractivity contribution in [2.24, 2.45) is 0 Å². The molecular weight excluding hydrogens is 352 g/mol. The molecule has 0 radical (unpaired) electrons. The lowest BCUT2D eigenvalue weighted by Gasteiger charge is -2.22. The van der Waals surface area contributed by atoms with Crippen LogP contribution in [0, 0.1) is 0 Å². The Morgan fingerprint density at radius 2 is 1.50 bits per heavy atom. The Labute approximate surface area is 154 Å². The third-order valence-corrected chi connectivity index (χ3v) is 2.86. The average Bonchev–Trinajstić information content (AvgIpc) is 2.92. The van der Waals surface area contributed by atoms with Gasteiger partial charge in [-0.15, -0.1) is 0 Å². The van der Waals surface area contributed by atoms with Gasteiger partial charge in [0.1, 0.15) is 13.5 Å². The van der Waals surface area contributed by atoms with E-state index in [1.807, 2.05) is 6.79 Å². The number of hydrogen-bond acceptors (Lipinski definition) is 9. The first-order valence-corrected chi connectivity index (χ1v) is 8.01. The van der Waals surface area contributed by atoms with Crippen LogP contribution in [0.4, 0.5) is 4.79 Å². The summed E-state index contributed by atoms with van der Waals surface area (Å²) in [5, 5.41) is 24.7. The summed E-state index contributed by atoms with van der Waals surface area (Å²) in [4.78, 5) is 22.8. The van der Waals surface area contributed by atoms with E-state index in [1.165, 1.54) is 12.0 Å². The normalized spacial score (nSPS) is 16.0. The first kappa shape index (κ1) is 26.9. The highest BCUT2D eigenvalue weighted by atomic mass is 16.6. The van der Waals surface area contributed by atoms with E-state index in [0.29, 0.717) is 39.6 Å². The molecule has 0 aromatic heterocycles. The summed E-state index contributed by atoms with van der Waals surface area (Å²) in [5.41, 5.74) is 0. The molecule has 1 atom stereocenters. The molecule has 1 fully saturated rings. The number of likely N-dealkylation sites (N-methyl/N-ethyl adjacent to an activating group) is 1. The summed E-state index contributed by atoms with van der Waals surface area (Å²) < 4.78 is 20.2. The van der Waals surface area contributed by atoms with Crippen molar-refractivity contribution in [1.82, 2.24) is 9.80 Å². The topological polar surface area (TPSA) is 138 Å². The molecule has 1 aliphatic heterocycles. The average molecular weight is 384 g/mol. The van der Waals surface area contributed by atoms with E-state index < -0.39 is 0 Å². The molecule has 0 bridgehead atoms. The number of nitrogens with zero attached hydrogens (tertiary/aromatic N) is 2. The van der Waals surface area contributed by atoms with Gasteiger partial charge in [-0.1, -0.05) is 0 Å². The highest BCUT2D eigenvalue weighted by Gasteiger charge is 2.35. The Hall–Kier alpha value is -1.34. The van der Waals surface area contributed by atoms with Gasteiger partial charge in [0, 0.05) is 14.2 Å². The fourth-order valence-electron chi connectivity index (χ4n) is 1.81. The Morgan fingerprint density at radius 3 is 1.96 bits per heavy atom. The molecule has 11 nitrogen and oxygen atoms in total. The number of carbonyl (C=O) groups is 2. The standard InChI is InChI=1S/C10H20N2O5.C4H10O3.CH2O/c1-11-7-9(12(8-15-2)10(11)14)17-6-5-16-4-3-13;5-1-3-7-4-2-6;1-2/h9,13H,3-8H2,1-2H3;5-6H,1-4H2;1H2. The molecule has 0 spiro atoms. The maximum absolute atomic E-state index is 11.7. The third kappa shape index (κ3) is 12.9. The Balaban J connectivity index is 0. The molecule has 0 aromatic rings. The molecule has 1 unspecified atom stereocenters. The summed E-state index contributed by atoms with van der Waals surface area (Å²) >= 11 is 0.